The van der Waals surface area contributed by atoms with E-state index in [0.29, 0.717) is 17.2 Å². The Hall–Kier alpha value is -3.23. The van der Waals surface area contributed by atoms with Crippen molar-refractivity contribution in [1.82, 2.24) is 5.32 Å². The number of hydrogen-bond donors (Lipinski definition) is 2. The van der Waals surface area contributed by atoms with Crippen LogP contribution in [-0.2, 0) is 16.6 Å². The monoisotopic (exact) mass is 460 g/mol. The molecule has 3 rings (SSSR count). The molecule has 31 heavy (non-hydrogen) atoms. The first kappa shape index (κ1) is 22.5. The second-order valence-electron chi connectivity index (χ2n) is 6.51. The van der Waals surface area contributed by atoms with E-state index in [0.717, 1.165) is 5.56 Å². The molecule has 0 unspecified atom stereocenters. The Labute approximate surface area is 186 Å². The van der Waals surface area contributed by atoms with Gasteiger partial charge < -0.3 is 14.8 Å². The fourth-order valence-corrected chi connectivity index (χ4v) is 4.33. The molecule has 0 heterocycles. The molecule has 0 saturated carbocycles. The van der Waals surface area contributed by atoms with Gasteiger partial charge in [0.2, 0.25) is 0 Å². The summed E-state index contributed by atoms with van der Waals surface area (Å²) in [5.41, 5.74) is 1.39. The van der Waals surface area contributed by atoms with Crippen LogP contribution < -0.4 is 19.5 Å². The first-order valence-electron chi connectivity index (χ1n) is 9.20. The Kier molecular flexibility index (Phi) is 7.04. The van der Waals surface area contributed by atoms with E-state index < -0.39 is 15.9 Å². The standard InChI is InChI=1S/C22H21ClN2O5S/c1-29-18-8-3-15(4-9-18)14-24-22(26)16-5-12-20(23)21(13-16)31(27,28)25-17-6-10-19(30-2)11-7-17/h3-13,25H,14H2,1-2H3,(H,24,26). The van der Waals surface area contributed by atoms with Crippen molar-refractivity contribution in [3.05, 3.63) is 82.9 Å². The van der Waals surface area contributed by atoms with Crippen molar-refractivity contribution in [2.24, 2.45) is 0 Å². The Bertz CT molecular complexity index is 1160. The number of anilines is 1. The molecule has 0 aliphatic rings. The fourth-order valence-electron chi connectivity index (χ4n) is 2.75. The third-order valence-corrected chi connectivity index (χ3v) is 6.30. The lowest BCUT2D eigenvalue weighted by Crippen LogP contribution is -2.23. The largest absolute Gasteiger partial charge is 0.497 e. The van der Waals surface area contributed by atoms with E-state index in [2.05, 4.69) is 10.0 Å². The Morgan fingerprint density at radius 2 is 1.48 bits per heavy atom. The van der Waals surface area contributed by atoms with Crippen molar-refractivity contribution in [2.45, 2.75) is 11.4 Å². The minimum absolute atomic E-state index is 0.00714. The van der Waals surface area contributed by atoms with E-state index in [-0.39, 0.29) is 22.0 Å². The fraction of sp³-hybridized carbons (Fsp3) is 0.136. The molecule has 0 fully saturated rings. The molecule has 0 aliphatic carbocycles. The summed E-state index contributed by atoms with van der Waals surface area (Å²) in [4.78, 5) is 12.4. The number of halogens is 1. The predicted octanol–water partition coefficient (Wildman–Crippen LogP) is 4.09. The molecule has 162 valence electrons. The molecule has 3 aromatic rings. The zero-order valence-electron chi connectivity index (χ0n) is 16.9. The maximum absolute atomic E-state index is 12.8. The quantitative estimate of drug-likeness (QED) is 0.528. The van der Waals surface area contributed by atoms with E-state index in [1.807, 2.05) is 12.1 Å². The van der Waals surface area contributed by atoms with Gasteiger partial charge in [-0.15, -0.1) is 0 Å². The maximum Gasteiger partial charge on any atom is 0.263 e. The number of carbonyl (C=O) groups excluding carboxylic acids is 1. The highest BCUT2D eigenvalue weighted by molar-refractivity contribution is 7.92. The van der Waals surface area contributed by atoms with Crippen molar-refractivity contribution in [2.75, 3.05) is 18.9 Å². The van der Waals surface area contributed by atoms with Crippen LogP contribution in [0.1, 0.15) is 15.9 Å². The maximum atomic E-state index is 12.8. The first-order valence-corrected chi connectivity index (χ1v) is 11.1. The van der Waals surface area contributed by atoms with Crippen molar-refractivity contribution in [1.29, 1.82) is 0 Å². The van der Waals surface area contributed by atoms with Gasteiger partial charge in [-0.05, 0) is 60.2 Å². The molecular weight excluding hydrogens is 440 g/mol. The molecule has 9 heteroatoms. The number of sulfonamides is 1. The molecule has 0 aromatic heterocycles. The van der Waals surface area contributed by atoms with Crippen LogP contribution in [0, 0.1) is 0 Å². The van der Waals surface area contributed by atoms with Crippen molar-refractivity contribution in [3.8, 4) is 11.5 Å². The molecule has 2 N–H and O–H groups in total. The second kappa shape index (κ2) is 9.72. The molecule has 0 radical (unpaired) electrons. The van der Waals surface area contributed by atoms with Gasteiger partial charge in [0, 0.05) is 17.8 Å². The summed E-state index contributed by atoms with van der Waals surface area (Å²) >= 11 is 6.12. The zero-order valence-corrected chi connectivity index (χ0v) is 18.5. The third kappa shape index (κ3) is 5.68. The summed E-state index contributed by atoms with van der Waals surface area (Å²) in [5.74, 6) is 0.886. The normalized spacial score (nSPS) is 10.9. The average molecular weight is 461 g/mol. The number of benzene rings is 3. The molecule has 0 spiro atoms. The van der Waals surface area contributed by atoms with Crippen LogP contribution in [-0.4, -0.2) is 28.5 Å². The lowest BCUT2D eigenvalue weighted by molar-refractivity contribution is 0.0950. The molecule has 0 saturated heterocycles. The van der Waals surface area contributed by atoms with Crippen LogP contribution in [0.3, 0.4) is 0 Å². The number of nitrogens with one attached hydrogen (secondary N) is 2. The lowest BCUT2D eigenvalue weighted by atomic mass is 10.2. The van der Waals surface area contributed by atoms with Crippen LogP contribution in [0.4, 0.5) is 5.69 Å². The summed E-state index contributed by atoms with van der Waals surface area (Å²) in [5, 5.41) is 2.77. The summed E-state index contributed by atoms with van der Waals surface area (Å²) in [6.07, 6.45) is 0. The van der Waals surface area contributed by atoms with Gasteiger partial charge in [-0.25, -0.2) is 8.42 Å². The summed E-state index contributed by atoms with van der Waals surface area (Å²) < 4.78 is 38.3. The SMILES string of the molecule is COc1ccc(CNC(=O)c2ccc(Cl)c(S(=O)(=O)Nc3ccc(OC)cc3)c2)cc1. The van der Waals surface area contributed by atoms with E-state index in [4.69, 9.17) is 21.1 Å². The zero-order chi connectivity index (χ0) is 22.4. The Morgan fingerprint density at radius 1 is 0.903 bits per heavy atom. The van der Waals surface area contributed by atoms with Gasteiger partial charge in [0.1, 0.15) is 16.4 Å². The lowest BCUT2D eigenvalue weighted by Gasteiger charge is -2.12. The molecule has 3 aromatic carbocycles. The van der Waals surface area contributed by atoms with Crippen LogP contribution in [0.25, 0.3) is 0 Å². The number of amides is 1. The van der Waals surface area contributed by atoms with Gasteiger partial charge in [-0.3, -0.25) is 9.52 Å². The first-order chi connectivity index (χ1) is 14.8. The highest BCUT2D eigenvalue weighted by Crippen LogP contribution is 2.26. The van der Waals surface area contributed by atoms with Crippen LogP contribution >= 0.6 is 11.6 Å². The predicted molar refractivity (Wildman–Crippen MR) is 119 cm³/mol. The topological polar surface area (TPSA) is 93.7 Å². The molecule has 7 nitrogen and oxygen atoms in total. The van der Waals surface area contributed by atoms with Gasteiger partial charge >= 0.3 is 0 Å². The average Bonchev–Trinajstić information content (AvgIpc) is 2.78. The van der Waals surface area contributed by atoms with Gasteiger partial charge in [0.15, 0.2) is 0 Å². The molecule has 0 atom stereocenters. The molecular formula is C22H21ClN2O5S. The second-order valence-corrected chi connectivity index (χ2v) is 8.57. The van der Waals surface area contributed by atoms with E-state index in [1.165, 1.54) is 25.3 Å². The van der Waals surface area contributed by atoms with Crippen molar-refractivity contribution in [3.63, 3.8) is 0 Å². The summed E-state index contributed by atoms with van der Waals surface area (Å²) in [6, 6.07) is 17.7. The van der Waals surface area contributed by atoms with Gasteiger partial charge in [0.25, 0.3) is 15.9 Å². The minimum atomic E-state index is -4.01. The number of methoxy groups -OCH3 is 2. The smallest absolute Gasteiger partial charge is 0.263 e. The van der Waals surface area contributed by atoms with Crippen LogP contribution in [0.15, 0.2) is 71.6 Å². The van der Waals surface area contributed by atoms with Crippen LogP contribution in [0.5, 0.6) is 11.5 Å². The summed E-state index contributed by atoms with van der Waals surface area (Å²) in [7, 11) is -0.917. The van der Waals surface area contributed by atoms with Crippen molar-refractivity contribution >= 4 is 33.2 Å². The van der Waals surface area contributed by atoms with Crippen LogP contribution in [0.2, 0.25) is 5.02 Å². The van der Waals surface area contributed by atoms with Gasteiger partial charge in [-0.2, -0.15) is 0 Å². The Morgan fingerprint density at radius 3 is 2.06 bits per heavy atom. The van der Waals surface area contributed by atoms with E-state index in [1.54, 1.807) is 43.5 Å². The van der Waals surface area contributed by atoms with E-state index in [9.17, 15) is 13.2 Å². The summed E-state index contributed by atoms with van der Waals surface area (Å²) in [6.45, 7) is 0.275. The highest BCUT2D eigenvalue weighted by atomic mass is 35.5. The molecule has 0 aliphatic heterocycles. The van der Waals surface area contributed by atoms with Gasteiger partial charge in [0.05, 0.1) is 19.2 Å². The Balaban J connectivity index is 1.75. The van der Waals surface area contributed by atoms with E-state index >= 15 is 0 Å². The number of hydrogen-bond acceptors (Lipinski definition) is 5. The van der Waals surface area contributed by atoms with Gasteiger partial charge in [-0.1, -0.05) is 23.7 Å². The number of rotatable bonds is 8. The third-order valence-electron chi connectivity index (χ3n) is 4.44. The number of ether oxygens (including phenoxy) is 2. The molecule has 0 bridgehead atoms. The minimum Gasteiger partial charge on any atom is -0.497 e. The highest BCUT2D eigenvalue weighted by Gasteiger charge is 2.20. The molecule has 1 amide bonds. The van der Waals surface area contributed by atoms with Crippen molar-refractivity contribution < 1.29 is 22.7 Å². The number of carbonyl (C=O) groups is 1.